The van der Waals surface area contributed by atoms with Gasteiger partial charge in [-0.25, -0.2) is 0 Å². The normalized spacial score (nSPS) is 25.9. The van der Waals surface area contributed by atoms with Gasteiger partial charge in [-0.15, -0.1) is 0 Å². The van der Waals surface area contributed by atoms with E-state index in [1.807, 2.05) is 13.8 Å². The summed E-state index contributed by atoms with van der Waals surface area (Å²) in [5, 5.41) is 0. The van der Waals surface area contributed by atoms with Gasteiger partial charge in [-0.05, 0) is 26.2 Å². The van der Waals surface area contributed by atoms with Crippen molar-refractivity contribution in [3.63, 3.8) is 0 Å². The second-order valence-electron chi connectivity index (χ2n) is 5.21. The van der Waals surface area contributed by atoms with Crippen LogP contribution < -0.4 is 0 Å². The lowest BCUT2D eigenvalue weighted by molar-refractivity contribution is -0.164. The van der Waals surface area contributed by atoms with E-state index in [4.69, 9.17) is 9.47 Å². The smallest absolute Gasteiger partial charge is 0.313 e. The molecule has 0 N–H and O–H groups in total. The second-order valence-corrected chi connectivity index (χ2v) is 5.21. The second kappa shape index (κ2) is 5.00. The van der Waals surface area contributed by atoms with Gasteiger partial charge in [0.15, 0.2) is 0 Å². The largest absolute Gasteiger partial charge is 0.469 e. The van der Waals surface area contributed by atoms with Gasteiger partial charge in [-0.1, -0.05) is 26.0 Å². The Bertz CT molecular complexity index is 279. The molecule has 3 nitrogen and oxygen atoms in total. The summed E-state index contributed by atoms with van der Waals surface area (Å²) >= 11 is 0. The summed E-state index contributed by atoms with van der Waals surface area (Å²) in [6.45, 7) is 7.98. The Hall–Kier alpha value is -0.830. The van der Waals surface area contributed by atoms with Crippen molar-refractivity contribution in [2.45, 2.75) is 46.3 Å². The Morgan fingerprint density at radius 1 is 1.50 bits per heavy atom. The lowest BCUT2D eigenvalue weighted by Crippen LogP contribution is -2.43. The standard InChI is InChI=1S/C13H22O3/c1-9(2)10-7-6-8-11(16-10)13(3,4)12(14)15-5/h6-7,9-11H,8H2,1-5H3/t10-,11+/m0/s1. The van der Waals surface area contributed by atoms with Gasteiger partial charge in [0.2, 0.25) is 0 Å². The number of hydrogen-bond donors (Lipinski definition) is 0. The van der Waals surface area contributed by atoms with E-state index in [1.54, 1.807) is 0 Å². The predicted molar refractivity (Wildman–Crippen MR) is 63.1 cm³/mol. The van der Waals surface area contributed by atoms with E-state index in [0.717, 1.165) is 6.42 Å². The van der Waals surface area contributed by atoms with Crippen molar-refractivity contribution in [3.05, 3.63) is 12.2 Å². The molecule has 0 aromatic rings. The van der Waals surface area contributed by atoms with Gasteiger partial charge in [-0.3, -0.25) is 4.79 Å². The minimum Gasteiger partial charge on any atom is -0.469 e. The molecule has 0 bridgehead atoms. The third-order valence-corrected chi connectivity index (χ3v) is 3.17. The van der Waals surface area contributed by atoms with Crippen LogP contribution in [-0.2, 0) is 14.3 Å². The van der Waals surface area contributed by atoms with Gasteiger partial charge in [0, 0.05) is 0 Å². The molecule has 0 spiro atoms. The van der Waals surface area contributed by atoms with E-state index in [0.29, 0.717) is 5.92 Å². The first-order chi connectivity index (χ1) is 7.39. The maximum Gasteiger partial charge on any atom is 0.313 e. The highest BCUT2D eigenvalue weighted by molar-refractivity contribution is 5.76. The summed E-state index contributed by atoms with van der Waals surface area (Å²) < 4.78 is 10.8. The average Bonchev–Trinajstić information content (AvgIpc) is 2.28. The highest BCUT2D eigenvalue weighted by Crippen LogP contribution is 2.32. The molecule has 0 fully saturated rings. The first-order valence-electron chi connectivity index (χ1n) is 5.80. The third-order valence-electron chi connectivity index (χ3n) is 3.17. The van der Waals surface area contributed by atoms with E-state index in [1.165, 1.54) is 7.11 Å². The van der Waals surface area contributed by atoms with Crippen molar-refractivity contribution < 1.29 is 14.3 Å². The van der Waals surface area contributed by atoms with E-state index in [2.05, 4.69) is 26.0 Å². The van der Waals surface area contributed by atoms with Crippen LogP contribution in [0, 0.1) is 11.3 Å². The number of rotatable bonds is 3. The van der Waals surface area contributed by atoms with Crippen molar-refractivity contribution in [1.29, 1.82) is 0 Å². The van der Waals surface area contributed by atoms with Crippen LogP contribution in [0.3, 0.4) is 0 Å². The fourth-order valence-electron chi connectivity index (χ4n) is 1.87. The summed E-state index contributed by atoms with van der Waals surface area (Å²) in [6.07, 6.45) is 4.95. The number of esters is 1. The molecule has 0 saturated carbocycles. The van der Waals surface area contributed by atoms with E-state index < -0.39 is 5.41 Å². The molecule has 0 saturated heterocycles. The fraction of sp³-hybridized carbons (Fsp3) is 0.769. The summed E-state index contributed by atoms with van der Waals surface area (Å²) in [4.78, 5) is 11.7. The molecule has 0 amide bonds. The third kappa shape index (κ3) is 2.64. The lowest BCUT2D eigenvalue weighted by Gasteiger charge is -2.36. The van der Waals surface area contributed by atoms with Gasteiger partial charge < -0.3 is 9.47 Å². The van der Waals surface area contributed by atoms with Crippen LogP contribution in [0.5, 0.6) is 0 Å². The van der Waals surface area contributed by atoms with Gasteiger partial charge in [0.25, 0.3) is 0 Å². The van der Waals surface area contributed by atoms with E-state index >= 15 is 0 Å². The Morgan fingerprint density at radius 3 is 2.62 bits per heavy atom. The zero-order valence-electron chi connectivity index (χ0n) is 10.8. The molecule has 0 aromatic carbocycles. The van der Waals surface area contributed by atoms with Crippen LogP contribution in [0.1, 0.15) is 34.1 Å². The van der Waals surface area contributed by atoms with Crippen LogP contribution in [0.15, 0.2) is 12.2 Å². The first-order valence-corrected chi connectivity index (χ1v) is 5.80. The molecule has 16 heavy (non-hydrogen) atoms. The number of carbonyl (C=O) groups is 1. The number of methoxy groups -OCH3 is 1. The highest BCUT2D eigenvalue weighted by atomic mass is 16.5. The van der Waals surface area contributed by atoms with E-state index in [9.17, 15) is 4.79 Å². The van der Waals surface area contributed by atoms with Crippen molar-refractivity contribution in [2.75, 3.05) is 7.11 Å². The fourth-order valence-corrected chi connectivity index (χ4v) is 1.87. The van der Waals surface area contributed by atoms with Crippen LogP contribution in [0.2, 0.25) is 0 Å². The van der Waals surface area contributed by atoms with Crippen molar-refractivity contribution in [2.24, 2.45) is 11.3 Å². The van der Waals surface area contributed by atoms with E-state index in [-0.39, 0.29) is 18.2 Å². The minimum atomic E-state index is -0.591. The molecule has 1 aliphatic heterocycles. The monoisotopic (exact) mass is 226 g/mol. The maximum absolute atomic E-state index is 11.7. The summed E-state index contributed by atoms with van der Waals surface area (Å²) in [5.74, 6) is 0.211. The zero-order valence-corrected chi connectivity index (χ0v) is 10.8. The first kappa shape index (κ1) is 13.2. The molecular weight excluding hydrogens is 204 g/mol. The molecule has 2 atom stereocenters. The topological polar surface area (TPSA) is 35.5 Å². The molecule has 0 aliphatic carbocycles. The molecule has 0 aromatic heterocycles. The molecule has 92 valence electrons. The quantitative estimate of drug-likeness (QED) is 0.548. The average molecular weight is 226 g/mol. The lowest BCUT2D eigenvalue weighted by atomic mass is 9.83. The minimum absolute atomic E-state index is 0.0997. The molecule has 3 heteroatoms. The van der Waals surface area contributed by atoms with Gasteiger partial charge in [-0.2, -0.15) is 0 Å². The Morgan fingerprint density at radius 2 is 2.12 bits per heavy atom. The number of ether oxygens (including phenoxy) is 2. The number of carbonyl (C=O) groups excluding carboxylic acids is 1. The Kier molecular flexibility index (Phi) is 4.14. The molecule has 0 radical (unpaired) electrons. The van der Waals surface area contributed by atoms with Crippen LogP contribution >= 0.6 is 0 Å². The summed E-state index contributed by atoms with van der Waals surface area (Å²) in [5.41, 5.74) is -0.591. The van der Waals surface area contributed by atoms with Crippen molar-refractivity contribution >= 4 is 5.97 Å². The van der Waals surface area contributed by atoms with Gasteiger partial charge in [0.05, 0.1) is 24.7 Å². The van der Waals surface area contributed by atoms with Crippen LogP contribution in [0.25, 0.3) is 0 Å². The number of hydrogen-bond acceptors (Lipinski definition) is 3. The zero-order chi connectivity index (χ0) is 12.3. The van der Waals surface area contributed by atoms with Gasteiger partial charge >= 0.3 is 5.97 Å². The Labute approximate surface area is 97.8 Å². The predicted octanol–water partition coefficient (Wildman–Crippen LogP) is 2.56. The highest BCUT2D eigenvalue weighted by Gasteiger charge is 2.40. The van der Waals surface area contributed by atoms with Crippen molar-refractivity contribution in [3.8, 4) is 0 Å². The van der Waals surface area contributed by atoms with Gasteiger partial charge in [0.1, 0.15) is 0 Å². The summed E-state index contributed by atoms with van der Waals surface area (Å²) in [7, 11) is 1.42. The summed E-state index contributed by atoms with van der Waals surface area (Å²) in [6, 6.07) is 0. The van der Waals surface area contributed by atoms with Crippen LogP contribution in [0.4, 0.5) is 0 Å². The molecule has 1 heterocycles. The maximum atomic E-state index is 11.7. The molecule has 0 unspecified atom stereocenters. The van der Waals surface area contributed by atoms with Crippen molar-refractivity contribution in [1.82, 2.24) is 0 Å². The molecular formula is C13H22O3. The van der Waals surface area contributed by atoms with Crippen LogP contribution in [-0.4, -0.2) is 25.3 Å². The SMILES string of the molecule is COC(=O)C(C)(C)[C@H]1CC=C[C@@H](C(C)C)O1. The Balaban J connectivity index is 2.76. The molecule has 1 rings (SSSR count). The molecule has 1 aliphatic rings.